The Kier molecular flexibility index (Phi) is 13.1. The number of hydrogen-bond acceptors (Lipinski definition) is 10. The molecule has 1 aliphatic rings. The van der Waals surface area contributed by atoms with Crippen molar-refractivity contribution < 1.29 is 22.8 Å². The van der Waals surface area contributed by atoms with Crippen LogP contribution in [-0.4, -0.2) is 58.3 Å². The molecule has 0 amide bonds. The fraction of sp³-hybridized carbons (Fsp3) is 0.727. The van der Waals surface area contributed by atoms with E-state index in [2.05, 4.69) is 15.7 Å². The minimum Gasteiger partial charge on any atom is -0.349 e. The number of aromatic amines is 1. The number of nitriles is 2. The van der Waals surface area contributed by atoms with Crippen molar-refractivity contribution in [2.75, 3.05) is 19.8 Å². The smallest absolute Gasteiger partial charge is 0.330 e. The zero-order valence-corrected chi connectivity index (χ0v) is 23.2. The van der Waals surface area contributed by atoms with E-state index in [9.17, 15) is 9.59 Å². The van der Waals surface area contributed by atoms with E-state index < -0.39 is 38.2 Å². The Morgan fingerprint density at radius 1 is 1.19 bits per heavy atom. The van der Waals surface area contributed by atoms with Crippen LogP contribution in [-0.2, 0) is 22.8 Å². The Morgan fingerprint density at radius 3 is 2.50 bits per heavy atom. The maximum absolute atomic E-state index is 12.5. The number of rotatable bonds is 15. The summed E-state index contributed by atoms with van der Waals surface area (Å²) in [5.41, 5.74) is -0.636. The average molecular weight is 543 g/mol. The Bertz CT molecular complexity index is 1010. The van der Waals surface area contributed by atoms with Gasteiger partial charge in [-0.1, -0.05) is 0 Å². The summed E-state index contributed by atoms with van der Waals surface area (Å²) in [7, 11) is -1.83. The van der Waals surface area contributed by atoms with Gasteiger partial charge in [-0.3, -0.25) is 14.3 Å². The van der Waals surface area contributed by atoms with Crippen LogP contribution in [0.4, 0.5) is 0 Å². The van der Waals surface area contributed by atoms with Crippen LogP contribution in [0.1, 0.15) is 58.7 Å². The van der Waals surface area contributed by atoms with Gasteiger partial charge in [0.05, 0.1) is 50.9 Å². The Morgan fingerprint density at radius 2 is 1.86 bits per heavy atom. The molecule has 0 bridgehead atoms. The monoisotopic (exact) mass is 543 g/mol. The summed E-state index contributed by atoms with van der Waals surface area (Å²) in [6.45, 7) is 10.4. The van der Waals surface area contributed by atoms with Crippen LogP contribution >= 0.6 is 17.6 Å². The van der Waals surface area contributed by atoms with Crippen molar-refractivity contribution in [3.63, 3.8) is 0 Å². The molecule has 200 valence electrons. The number of aromatic nitrogens is 2. The number of nitrogens with zero attached hydrogens (tertiary/aromatic N) is 4. The van der Waals surface area contributed by atoms with Gasteiger partial charge in [0.1, 0.15) is 12.3 Å². The predicted octanol–water partition coefficient (Wildman–Crippen LogP) is 3.25. The molecule has 2 heterocycles. The quantitative estimate of drug-likeness (QED) is 0.258. The molecule has 5 unspecified atom stereocenters. The molecule has 1 aromatic rings. The first-order valence-corrected chi connectivity index (χ1v) is 13.7. The maximum Gasteiger partial charge on any atom is 0.330 e. The predicted molar refractivity (Wildman–Crippen MR) is 135 cm³/mol. The zero-order valence-electron chi connectivity index (χ0n) is 21.3. The van der Waals surface area contributed by atoms with Crippen molar-refractivity contribution in [1.82, 2.24) is 14.2 Å². The third-order valence-corrected chi connectivity index (χ3v) is 7.97. The molecule has 1 saturated heterocycles. The van der Waals surface area contributed by atoms with Crippen LogP contribution in [0.3, 0.4) is 0 Å². The lowest BCUT2D eigenvalue weighted by Crippen LogP contribution is -2.36. The molecule has 5 atom stereocenters. The molecule has 0 spiro atoms. The van der Waals surface area contributed by atoms with Crippen molar-refractivity contribution in [1.29, 1.82) is 10.5 Å². The van der Waals surface area contributed by atoms with Gasteiger partial charge in [0, 0.05) is 30.3 Å². The zero-order chi connectivity index (χ0) is 26.7. The van der Waals surface area contributed by atoms with Gasteiger partial charge in [0.2, 0.25) is 0 Å². The van der Waals surface area contributed by atoms with Crippen molar-refractivity contribution in [3.8, 4) is 12.1 Å². The van der Waals surface area contributed by atoms with Crippen molar-refractivity contribution in [3.05, 3.63) is 32.6 Å². The summed E-state index contributed by atoms with van der Waals surface area (Å²) >= 11 is 0. The normalized spacial score (nSPS) is 21.0. The largest absolute Gasteiger partial charge is 0.349 e. The fourth-order valence-electron chi connectivity index (χ4n) is 3.64. The molecule has 1 N–H and O–H groups in total. The highest BCUT2D eigenvalue weighted by Gasteiger charge is 2.41. The number of H-pyrrole nitrogens is 1. The van der Waals surface area contributed by atoms with E-state index in [4.69, 9.17) is 33.4 Å². The second kappa shape index (κ2) is 15.5. The highest BCUT2D eigenvalue weighted by molar-refractivity contribution is 7.44. The molecule has 0 aromatic carbocycles. The first-order valence-electron chi connectivity index (χ1n) is 11.8. The molecule has 0 aliphatic carbocycles. The van der Waals surface area contributed by atoms with E-state index in [-0.39, 0.29) is 53.8 Å². The maximum atomic E-state index is 12.5. The van der Waals surface area contributed by atoms with E-state index >= 15 is 0 Å². The lowest BCUT2D eigenvalue weighted by molar-refractivity contribution is -0.0385. The van der Waals surface area contributed by atoms with E-state index in [0.29, 0.717) is 12.0 Å². The molecule has 1 aromatic heterocycles. The number of aryl methyl sites for hydroxylation is 1. The van der Waals surface area contributed by atoms with E-state index in [1.54, 1.807) is 6.92 Å². The van der Waals surface area contributed by atoms with Crippen LogP contribution in [0.2, 0.25) is 0 Å². The van der Waals surface area contributed by atoms with Gasteiger partial charge < -0.3 is 22.8 Å². The Hall–Kier alpha value is -1.72. The van der Waals surface area contributed by atoms with E-state index in [0.717, 1.165) is 0 Å². The van der Waals surface area contributed by atoms with Gasteiger partial charge in [-0.15, -0.1) is 0 Å². The van der Waals surface area contributed by atoms with Gasteiger partial charge >= 0.3 is 5.69 Å². The van der Waals surface area contributed by atoms with Crippen molar-refractivity contribution in [2.45, 2.75) is 84.4 Å². The first kappa shape index (κ1) is 30.5. The fourth-order valence-corrected chi connectivity index (χ4v) is 5.90. The third-order valence-electron chi connectivity index (χ3n) is 5.21. The molecule has 2 rings (SSSR count). The molecular weight excluding hydrogens is 508 g/mol. The highest BCUT2D eigenvalue weighted by atomic mass is 31.2. The summed E-state index contributed by atoms with van der Waals surface area (Å²) in [5, 5.41) is 17.6. The van der Waals surface area contributed by atoms with Gasteiger partial charge in [0.15, 0.2) is 9.03 Å². The van der Waals surface area contributed by atoms with Crippen molar-refractivity contribution in [2.24, 2.45) is 0 Å². The first-order chi connectivity index (χ1) is 17.2. The van der Waals surface area contributed by atoms with Crippen LogP contribution < -0.4 is 11.2 Å². The average Bonchev–Trinajstić information content (AvgIpc) is 3.20. The number of ether oxygens (including phenoxy) is 1. The van der Waals surface area contributed by atoms with Crippen LogP contribution in [0.15, 0.2) is 15.8 Å². The molecule has 12 nitrogen and oxygen atoms in total. The molecule has 1 aliphatic heterocycles. The number of nitrogens with one attached hydrogen (secondary N) is 1. The lowest BCUT2D eigenvalue weighted by Gasteiger charge is -2.37. The highest BCUT2D eigenvalue weighted by Crippen LogP contribution is 2.50. The topological polar surface area (TPSA) is 152 Å². The molecule has 1 fully saturated rings. The summed E-state index contributed by atoms with van der Waals surface area (Å²) in [5.74, 6) is 0. The summed E-state index contributed by atoms with van der Waals surface area (Å²) in [6.07, 6.45) is 0.566. The summed E-state index contributed by atoms with van der Waals surface area (Å²) in [4.78, 5) is 26.6. The minimum absolute atomic E-state index is 0.116. The molecule has 14 heteroatoms. The van der Waals surface area contributed by atoms with E-state index in [1.807, 2.05) is 33.8 Å². The SMILES string of the molecule is Cc1cn(C2CC(OP(OCCC#N)N(C(C)C)C(C)C)C(COPOCCC#N)O2)c(=O)[nH]c1=O. The number of hydrogen-bond donors (Lipinski definition) is 1. The third kappa shape index (κ3) is 8.99. The lowest BCUT2D eigenvalue weighted by atomic mass is 10.2. The standard InChI is InChI=1S/C22H35N5O7P2/c1-15(2)27(16(3)4)36(32-11-7-9-24)34-18-12-20(26-13-17(5)21(28)25-22(26)29)33-19(18)14-31-35-30-10-6-8-23/h13,15-16,18-20,35H,6-7,10-12,14H2,1-5H3,(H,25,28,29). The second-order valence-corrected chi connectivity index (χ2v) is 10.8. The summed E-state index contributed by atoms with van der Waals surface area (Å²) in [6, 6.07) is 4.32. The molecular formula is C22H35N5O7P2. The van der Waals surface area contributed by atoms with Crippen LogP contribution in [0, 0.1) is 29.6 Å². The Labute approximate surface area is 214 Å². The van der Waals surface area contributed by atoms with Gasteiger partial charge in [-0.25, -0.2) is 9.46 Å². The van der Waals surface area contributed by atoms with Gasteiger partial charge in [-0.05, 0) is 34.6 Å². The van der Waals surface area contributed by atoms with Gasteiger partial charge in [-0.2, -0.15) is 10.5 Å². The molecule has 0 saturated carbocycles. The van der Waals surface area contributed by atoms with Crippen LogP contribution in [0.25, 0.3) is 0 Å². The second-order valence-electron chi connectivity index (χ2n) is 8.68. The van der Waals surface area contributed by atoms with Crippen LogP contribution in [0.5, 0.6) is 0 Å². The van der Waals surface area contributed by atoms with E-state index in [1.165, 1.54) is 10.8 Å². The van der Waals surface area contributed by atoms with Gasteiger partial charge in [0.25, 0.3) is 14.1 Å². The van der Waals surface area contributed by atoms with Crippen molar-refractivity contribution >= 4 is 17.6 Å². The molecule has 0 radical (unpaired) electrons. The molecule has 36 heavy (non-hydrogen) atoms. The minimum atomic E-state index is -1.55. The Balaban J connectivity index is 2.24. The summed E-state index contributed by atoms with van der Waals surface area (Å²) < 4.78 is 33.1.